The molecule has 9 heteroatoms. The fourth-order valence-electron chi connectivity index (χ4n) is 2.47. The Morgan fingerprint density at radius 2 is 1.85 bits per heavy atom. The van der Waals surface area contributed by atoms with Crippen LogP contribution in [0.1, 0.15) is 6.92 Å². The van der Waals surface area contributed by atoms with Gasteiger partial charge in [-0.15, -0.1) is 0 Å². The number of thioether (sulfide) groups is 1. The predicted molar refractivity (Wildman–Crippen MR) is 100 cm³/mol. The minimum Gasteiger partial charge on any atom is -0.351 e. The minimum atomic E-state index is -0.981. The Bertz CT molecular complexity index is 1100. The van der Waals surface area contributed by atoms with Gasteiger partial charge in [-0.05, 0) is 31.2 Å². The van der Waals surface area contributed by atoms with E-state index in [-0.39, 0.29) is 10.8 Å². The third-order valence-corrected chi connectivity index (χ3v) is 4.79. The van der Waals surface area contributed by atoms with Crippen LogP contribution in [0.3, 0.4) is 0 Å². The van der Waals surface area contributed by atoms with Gasteiger partial charge in [-0.25, -0.2) is 14.2 Å². The molecule has 1 unspecified atom stereocenters. The van der Waals surface area contributed by atoms with Gasteiger partial charge >= 0.3 is 6.03 Å². The molecular formula is C18H15FN4O3S. The molecular weight excluding hydrogens is 371 g/mol. The summed E-state index contributed by atoms with van der Waals surface area (Å²) < 4.78 is 15.5. The first kappa shape index (κ1) is 18.6. The Hall–Kier alpha value is -3.20. The Labute approximate surface area is 157 Å². The molecule has 27 heavy (non-hydrogen) atoms. The zero-order valence-corrected chi connectivity index (χ0v) is 15.0. The maximum absolute atomic E-state index is 14.4. The van der Waals surface area contributed by atoms with Crippen molar-refractivity contribution in [3.63, 3.8) is 0 Å². The second-order valence-corrected chi connectivity index (χ2v) is 6.93. The van der Waals surface area contributed by atoms with Crippen LogP contribution in [-0.4, -0.2) is 26.7 Å². The average Bonchev–Trinajstić information content (AvgIpc) is 2.62. The van der Waals surface area contributed by atoms with E-state index < -0.39 is 28.6 Å². The summed E-state index contributed by atoms with van der Waals surface area (Å²) in [5.41, 5.74) is 4.94. The molecule has 0 aliphatic heterocycles. The maximum atomic E-state index is 14.4. The predicted octanol–water partition coefficient (Wildman–Crippen LogP) is 2.20. The molecule has 0 aliphatic rings. The van der Waals surface area contributed by atoms with Gasteiger partial charge in [0.05, 0.1) is 21.8 Å². The van der Waals surface area contributed by atoms with Crippen LogP contribution in [0.4, 0.5) is 9.18 Å². The lowest BCUT2D eigenvalue weighted by molar-refractivity contribution is -0.119. The molecule has 0 saturated heterocycles. The Balaban J connectivity index is 2.17. The van der Waals surface area contributed by atoms with E-state index in [0.717, 1.165) is 16.3 Å². The van der Waals surface area contributed by atoms with Gasteiger partial charge in [0.25, 0.3) is 5.56 Å². The monoisotopic (exact) mass is 386 g/mol. The van der Waals surface area contributed by atoms with Gasteiger partial charge in [0, 0.05) is 0 Å². The summed E-state index contributed by atoms with van der Waals surface area (Å²) in [5, 5.41) is 1.61. The summed E-state index contributed by atoms with van der Waals surface area (Å²) >= 11 is 0.918. The number of primary amides is 1. The average molecular weight is 386 g/mol. The molecule has 0 fully saturated rings. The van der Waals surface area contributed by atoms with Gasteiger partial charge in [0.2, 0.25) is 5.91 Å². The first-order valence-electron chi connectivity index (χ1n) is 7.92. The number of aromatic nitrogens is 2. The first-order valence-corrected chi connectivity index (χ1v) is 8.80. The number of rotatable bonds is 4. The fraction of sp³-hybridized carbons (Fsp3) is 0.111. The van der Waals surface area contributed by atoms with Crippen molar-refractivity contribution in [3.05, 3.63) is 64.7 Å². The quantitative estimate of drug-likeness (QED) is 0.528. The van der Waals surface area contributed by atoms with Gasteiger partial charge in [-0.1, -0.05) is 36.0 Å². The molecule has 3 N–H and O–H groups in total. The number of hydrogen-bond donors (Lipinski definition) is 2. The van der Waals surface area contributed by atoms with E-state index in [1.165, 1.54) is 25.1 Å². The first-order chi connectivity index (χ1) is 12.9. The number of hydrogen-bond acceptors (Lipinski definition) is 5. The van der Waals surface area contributed by atoms with Crippen LogP contribution < -0.4 is 16.6 Å². The highest BCUT2D eigenvalue weighted by Crippen LogP contribution is 2.26. The number of halogens is 1. The van der Waals surface area contributed by atoms with Gasteiger partial charge in [0.15, 0.2) is 5.16 Å². The summed E-state index contributed by atoms with van der Waals surface area (Å²) in [6, 6.07) is 11.5. The molecule has 1 heterocycles. The normalized spacial score (nSPS) is 11.9. The number of benzene rings is 2. The van der Waals surface area contributed by atoms with E-state index in [0.29, 0.717) is 10.9 Å². The molecule has 138 valence electrons. The van der Waals surface area contributed by atoms with Crippen molar-refractivity contribution in [2.75, 3.05) is 0 Å². The summed E-state index contributed by atoms with van der Waals surface area (Å²) in [7, 11) is 0. The lowest BCUT2D eigenvalue weighted by Crippen LogP contribution is -2.39. The van der Waals surface area contributed by atoms with E-state index in [1.807, 2.05) is 5.32 Å². The highest BCUT2D eigenvalue weighted by molar-refractivity contribution is 8.00. The molecule has 0 aliphatic carbocycles. The molecule has 0 spiro atoms. The van der Waals surface area contributed by atoms with Gasteiger partial charge in [0.1, 0.15) is 5.82 Å². The molecule has 3 rings (SSSR count). The number of carbonyl (C=O) groups is 2. The number of fused-ring (bicyclic) bond motifs is 1. The molecule has 1 aromatic heterocycles. The Morgan fingerprint density at radius 3 is 2.56 bits per heavy atom. The number of nitrogens with one attached hydrogen (secondary N) is 1. The zero-order chi connectivity index (χ0) is 19.6. The van der Waals surface area contributed by atoms with Gasteiger partial charge < -0.3 is 5.73 Å². The van der Waals surface area contributed by atoms with Crippen LogP contribution >= 0.6 is 11.8 Å². The maximum Gasteiger partial charge on any atom is 0.318 e. The van der Waals surface area contributed by atoms with Crippen LogP contribution in [-0.2, 0) is 4.79 Å². The molecule has 3 amide bonds. The molecule has 0 bridgehead atoms. The van der Waals surface area contributed by atoms with Crippen LogP contribution in [0.15, 0.2) is 58.5 Å². The lowest BCUT2D eigenvalue weighted by atomic mass is 10.2. The number of nitrogens with two attached hydrogens (primary N) is 1. The number of para-hydroxylation sites is 2. The van der Waals surface area contributed by atoms with E-state index in [2.05, 4.69) is 4.98 Å². The highest BCUT2D eigenvalue weighted by Gasteiger charge is 2.22. The molecule has 7 nitrogen and oxygen atoms in total. The number of imide groups is 1. The third-order valence-electron chi connectivity index (χ3n) is 3.74. The van der Waals surface area contributed by atoms with E-state index in [4.69, 9.17) is 5.73 Å². The van der Waals surface area contributed by atoms with Crippen LogP contribution in [0.25, 0.3) is 16.6 Å². The molecule has 0 saturated carbocycles. The second-order valence-electron chi connectivity index (χ2n) is 5.62. The van der Waals surface area contributed by atoms with Crippen molar-refractivity contribution >= 4 is 34.6 Å². The topological polar surface area (TPSA) is 107 Å². The van der Waals surface area contributed by atoms with Gasteiger partial charge in [-0.2, -0.15) is 0 Å². The summed E-state index contributed by atoms with van der Waals surface area (Å²) in [6.07, 6.45) is 0. The number of nitrogens with zero attached hydrogens (tertiary/aromatic N) is 2. The van der Waals surface area contributed by atoms with Crippen molar-refractivity contribution < 1.29 is 14.0 Å². The summed E-state index contributed by atoms with van der Waals surface area (Å²) in [5.74, 6) is -1.25. The largest absolute Gasteiger partial charge is 0.351 e. The lowest BCUT2D eigenvalue weighted by Gasteiger charge is -2.16. The fourth-order valence-corrected chi connectivity index (χ4v) is 3.39. The van der Waals surface area contributed by atoms with Crippen LogP contribution in [0.5, 0.6) is 0 Å². The second kappa shape index (κ2) is 7.58. The van der Waals surface area contributed by atoms with Crippen molar-refractivity contribution in [2.45, 2.75) is 17.3 Å². The summed E-state index contributed by atoms with van der Waals surface area (Å²) in [4.78, 5) is 40.3. The number of urea groups is 1. The standard InChI is InChI=1S/C18H15FN4O3S/c1-10(15(24)22-17(20)26)27-18-21-13-8-4-2-6-11(13)16(25)23(18)14-9-5-3-7-12(14)19/h2-10H,1H3,(H3,20,22,24,26). The van der Waals surface area contributed by atoms with Crippen molar-refractivity contribution in [1.82, 2.24) is 14.9 Å². The van der Waals surface area contributed by atoms with Crippen molar-refractivity contribution in [1.29, 1.82) is 0 Å². The van der Waals surface area contributed by atoms with Crippen LogP contribution in [0, 0.1) is 5.82 Å². The molecule has 1 atom stereocenters. The Morgan fingerprint density at radius 1 is 1.19 bits per heavy atom. The molecule has 0 radical (unpaired) electrons. The van der Waals surface area contributed by atoms with Gasteiger partial charge in [-0.3, -0.25) is 19.5 Å². The highest BCUT2D eigenvalue weighted by atomic mass is 32.2. The van der Waals surface area contributed by atoms with E-state index in [9.17, 15) is 18.8 Å². The van der Waals surface area contributed by atoms with E-state index in [1.54, 1.807) is 30.3 Å². The third kappa shape index (κ3) is 3.82. The Kier molecular flexibility index (Phi) is 5.22. The number of amides is 3. The van der Waals surface area contributed by atoms with Crippen LogP contribution in [0.2, 0.25) is 0 Å². The van der Waals surface area contributed by atoms with E-state index >= 15 is 0 Å². The molecule has 2 aromatic carbocycles. The smallest absolute Gasteiger partial charge is 0.318 e. The van der Waals surface area contributed by atoms with Crippen molar-refractivity contribution in [3.8, 4) is 5.69 Å². The zero-order valence-electron chi connectivity index (χ0n) is 14.2. The SMILES string of the molecule is CC(Sc1nc2ccccc2c(=O)n1-c1ccccc1F)C(=O)NC(N)=O. The van der Waals surface area contributed by atoms with Crippen molar-refractivity contribution in [2.24, 2.45) is 5.73 Å². The minimum absolute atomic E-state index is 0.0192. The summed E-state index contributed by atoms with van der Waals surface area (Å²) in [6.45, 7) is 1.52. The molecule has 3 aromatic rings. The number of carbonyl (C=O) groups excluding carboxylic acids is 2.